The summed E-state index contributed by atoms with van der Waals surface area (Å²) < 4.78 is 5.94. The Kier molecular flexibility index (Phi) is 5.70. The molecule has 126 valence electrons. The van der Waals surface area contributed by atoms with Crippen molar-refractivity contribution in [1.82, 2.24) is 4.98 Å². The molecule has 0 saturated heterocycles. The number of aryl methyl sites for hydroxylation is 1. The second-order valence-electron chi connectivity index (χ2n) is 5.98. The third kappa shape index (κ3) is 3.88. The first-order valence-corrected chi connectivity index (χ1v) is 9.16. The number of para-hydroxylation sites is 1. The number of rotatable bonds is 7. The molecule has 0 aliphatic carbocycles. The van der Waals surface area contributed by atoms with Gasteiger partial charge >= 0.3 is 0 Å². The van der Waals surface area contributed by atoms with E-state index in [1.807, 2.05) is 12.1 Å². The zero-order valence-corrected chi connectivity index (χ0v) is 15.3. The molecule has 0 saturated carbocycles. The SMILES string of the molecule is CCCCCCc1c[nH]c2ccc(Oc3c(Cl)cccc3Cl)cc12. The number of nitrogens with one attached hydrogen (secondary N) is 1. The van der Waals surface area contributed by atoms with Gasteiger partial charge < -0.3 is 9.72 Å². The van der Waals surface area contributed by atoms with Crippen LogP contribution in [0.5, 0.6) is 11.5 Å². The minimum atomic E-state index is 0.500. The minimum absolute atomic E-state index is 0.500. The summed E-state index contributed by atoms with van der Waals surface area (Å²) in [7, 11) is 0. The maximum Gasteiger partial charge on any atom is 0.164 e. The molecule has 3 rings (SSSR count). The van der Waals surface area contributed by atoms with Crippen LogP contribution in [0.3, 0.4) is 0 Å². The van der Waals surface area contributed by atoms with Crippen molar-refractivity contribution < 1.29 is 4.74 Å². The van der Waals surface area contributed by atoms with E-state index in [1.165, 1.54) is 36.6 Å². The molecule has 0 radical (unpaired) electrons. The highest BCUT2D eigenvalue weighted by Crippen LogP contribution is 2.37. The molecule has 0 unspecified atom stereocenters. The Morgan fingerprint density at radius 1 is 1.00 bits per heavy atom. The first-order chi connectivity index (χ1) is 11.7. The Morgan fingerprint density at radius 2 is 1.79 bits per heavy atom. The van der Waals surface area contributed by atoms with Gasteiger partial charge in [0.1, 0.15) is 5.75 Å². The van der Waals surface area contributed by atoms with Gasteiger partial charge in [0.05, 0.1) is 10.0 Å². The van der Waals surface area contributed by atoms with Crippen LogP contribution in [0.15, 0.2) is 42.6 Å². The first-order valence-electron chi connectivity index (χ1n) is 8.41. The molecule has 1 heterocycles. The molecule has 2 aromatic carbocycles. The molecule has 0 bridgehead atoms. The number of halogens is 2. The van der Waals surface area contributed by atoms with Gasteiger partial charge in [-0.05, 0) is 48.7 Å². The lowest BCUT2D eigenvalue weighted by Crippen LogP contribution is -1.88. The number of hydrogen-bond donors (Lipinski definition) is 1. The van der Waals surface area contributed by atoms with Gasteiger partial charge in [-0.2, -0.15) is 0 Å². The van der Waals surface area contributed by atoms with Crippen molar-refractivity contribution in [2.45, 2.75) is 39.0 Å². The number of ether oxygens (including phenoxy) is 1. The summed E-state index contributed by atoms with van der Waals surface area (Å²) in [5, 5.41) is 2.22. The van der Waals surface area contributed by atoms with E-state index in [9.17, 15) is 0 Å². The van der Waals surface area contributed by atoms with E-state index < -0.39 is 0 Å². The summed E-state index contributed by atoms with van der Waals surface area (Å²) in [6.07, 6.45) is 8.21. The molecule has 3 aromatic rings. The van der Waals surface area contributed by atoms with Gasteiger partial charge in [0.15, 0.2) is 5.75 Å². The summed E-state index contributed by atoms with van der Waals surface area (Å²) in [5.74, 6) is 1.24. The molecular formula is C20H21Cl2NO. The molecule has 0 spiro atoms. The highest BCUT2D eigenvalue weighted by Gasteiger charge is 2.10. The van der Waals surface area contributed by atoms with Crippen LogP contribution in [0.4, 0.5) is 0 Å². The Labute approximate surface area is 152 Å². The highest BCUT2D eigenvalue weighted by atomic mass is 35.5. The van der Waals surface area contributed by atoms with Crippen LogP contribution in [0, 0.1) is 0 Å². The van der Waals surface area contributed by atoms with E-state index in [4.69, 9.17) is 27.9 Å². The molecule has 1 N–H and O–H groups in total. The highest BCUT2D eigenvalue weighted by molar-refractivity contribution is 6.37. The normalized spacial score (nSPS) is 11.1. The molecule has 0 fully saturated rings. The van der Waals surface area contributed by atoms with E-state index in [2.05, 4.69) is 24.2 Å². The predicted octanol–water partition coefficient (Wildman–Crippen LogP) is 7.39. The predicted molar refractivity (Wildman–Crippen MR) is 103 cm³/mol. The van der Waals surface area contributed by atoms with Gasteiger partial charge in [-0.25, -0.2) is 0 Å². The fourth-order valence-electron chi connectivity index (χ4n) is 2.87. The third-order valence-corrected chi connectivity index (χ3v) is 4.77. The molecule has 1 aromatic heterocycles. The van der Waals surface area contributed by atoms with Crippen molar-refractivity contribution in [3.05, 3.63) is 58.2 Å². The number of benzene rings is 2. The van der Waals surface area contributed by atoms with E-state index >= 15 is 0 Å². The zero-order chi connectivity index (χ0) is 16.9. The Balaban J connectivity index is 1.82. The topological polar surface area (TPSA) is 25.0 Å². The fourth-order valence-corrected chi connectivity index (χ4v) is 3.34. The smallest absolute Gasteiger partial charge is 0.164 e. The van der Waals surface area contributed by atoms with E-state index in [1.54, 1.807) is 18.2 Å². The second kappa shape index (κ2) is 7.96. The fraction of sp³-hybridized carbons (Fsp3) is 0.300. The standard InChI is InChI=1S/C20H21Cl2NO/c1-2-3-4-5-7-14-13-23-19-11-10-15(12-16(14)19)24-20-17(21)8-6-9-18(20)22/h6,8-13,23H,2-5,7H2,1H3. The van der Waals surface area contributed by atoms with Gasteiger partial charge in [-0.3, -0.25) is 0 Å². The van der Waals surface area contributed by atoms with Crippen LogP contribution in [0.1, 0.15) is 38.2 Å². The maximum atomic E-state index is 6.19. The van der Waals surface area contributed by atoms with Crippen molar-refractivity contribution in [3.8, 4) is 11.5 Å². The molecule has 4 heteroatoms. The maximum absolute atomic E-state index is 6.19. The average molecular weight is 362 g/mol. The Hall–Kier alpha value is -1.64. The lowest BCUT2D eigenvalue weighted by Gasteiger charge is -2.09. The lowest BCUT2D eigenvalue weighted by molar-refractivity contribution is 0.484. The number of unbranched alkanes of at least 4 members (excludes halogenated alkanes) is 3. The second-order valence-corrected chi connectivity index (χ2v) is 6.80. The monoisotopic (exact) mass is 361 g/mol. The number of aromatic nitrogens is 1. The molecule has 0 atom stereocenters. The van der Waals surface area contributed by atoms with Gasteiger partial charge in [0.2, 0.25) is 0 Å². The molecule has 0 amide bonds. The van der Waals surface area contributed by atoms with Crippen LogP contribution in [0.25, 0.3) is 10.9 Å². The van der Waals surface area contributed by atoms with Crippen LogP contribution < -0.4 is 4.74 Å². The molecular weight excluding hydrogens is 341 g/mol. The number of hydrogen-bond acceptors (Lipinski definition) is 1. The van der Waals surface area contributed by atoms with Crippen LogP contribution >= 0.6 is 23.2 Å². The number of aromatic amines is 1. The van der Waals surface area contributed by atoms with Crippen LogP contribution in [0.2, 0.25) is 10.0 Å². The summed E-state index contributed by atoms with van der Waals surface area (Å²) in [6.45, 7) is 2.23. The van der Waals surface area contributed by atoms with Crippen molar-refractivity contribution in [2.75, 3.05) is 0 Å². The average Bonchev–Trinajstić information content (AvgIpc) is 2.98. The lowest BCUT2D eigenvalue weighted by atomic mass is 10.1. The Bertz CT molecular complexity index is 805. The zero-order valence-electron chi connectivity index (χ0n) is 13.7. The van der Waals surface area contributed by atoms with Crippen molar-refractivity contribution in [3.63, 3.8) is 0 Å². The van der Waals surface area contributed by atoms with Crippen LogP contribution in [-0.2, 0) is 6.42 Å². The molecule has 24 heavy (non-hydrogen) atoms. The van der Waals surface area contributed by atoms with Crippen molar-refractivity contribution in [2.24, 2.45) is 0 Å². The van der Waals surface area contributed by atoms with Gasteiger partial charge in [0.25, 0.3) is 0 Å². The first kappa shape index (κ1) is 17.2. The molecule has 2 nitrogen and oxygen atoms in total. The van der Waals surface area contributed by atoms with Crippen LogP contribution in [-0.4, -0.2) is 4.98 Å². The minimum Gasteiger partial charge on any atom is -0.454 e. The van der Waals surface area contributed by atoms with E-state index in [0.717, 1.165) is 17.7 Å². The largest absolute Gasteiger partial charge is 0.454 e. The van der Waals surface area contributed by atoms with Gasteiger partial charge in [0, 0.05) is 17.1 Å². The quantitative estimate of drug-likeness (QED) is 0.436. The summed E-state index contributed by atoms with van der Waals surface area (Å²) in [6, 6.07) is 11.4. The molecule has 0 aliphatic heterocycles. The number of fused-ring (bicyclic) bond motifs is 1. The Morgan fingerprint density at radius 3 is 2.54 bits per heavy atom. The van der Waals surface area contributed by atoms with E-state index in [-0.39, 0.29) is 0 Å². The summed E-state index contributed by atoms with van der Waals surface area (Å²) in [4.78, 5) is 3.34. The number of H-pyrrole nitrogens is 1. The molecule has 0 aliphatic rings. The third-order valence-electron chi connectivity index (χ3n) is 4.18. The van der Waals surface area contributed by atoms with Gasteiger partial charge in [-0.15, -0.1) is 0 Å². The van der Waals surface area contributed by atoms with E-state index in [0.29, 0.717) is 15.8 Å². The van der Waals surface area contributed by atoms with Crippen molar-refractivity contribution >= 4 is 34.1 Å². The summed E-state index contributed by atoms with van der Waals surface area (Å²) >= 11 is 12.4. The van der Waals surface area contributed by atoms with Crippen molar-refractivity contribution in [1.29, 1.82) is 0 Å². The van der Waals surface area contributed by atoms with Gasteiger partial charge in [-0.1, -0.05) is 55.5 Å². The summed E-state index contributed by atoms with van der Waals surface area (Å²) in [5.41, 5.74) is 2.45.